The molecule has 0 unspecified atom stereocenters. The van der Waals surface area contributed by atoms with Crippen molar-refractivity contribution in [1.29, 1.82) is 0 Å². The fraction of sp³-hybridized carbons (Fsp3) is 0.619. The molecule has 1 fully saturated rings. The van der Waals surface area contributed by atoms with Crippen LogP contribution in [0.4, 0.5) is 5.69 Å². The molecule has 3 rings (SSSR count). The number of hydrogen-bond donors (Lipinski definition) is 0. The Morgan fingerprint density at radius 2 is 1.32 bits per heavy atom. The Labute approximate surface area is 136 Å². The van der Waals surface area contributed by atoms with Crippen molar-refractivity contribution in [2.45, 2.75) is 77.6 Å². The third kappa shape index (κ3) is 3.74. The first kappa shape index (κ1) is 15.6. The van der Waals surface area contributed by atoms with Crippen LogP contribution in [-0.4, -0.2) is 0 Å². The van der Waals surface area contributed by atoms with E-state index in [1.807, 2.05) is 0 Å². The minimum absolute atomic E-state index is 0.687. The van der Waals surface area contributed by atoms with Crippen LogP contribution in [-0.2, 0) is 0 Å². The average molecular weight is 296 g/mol. The Morgan fingerprint density at radius 1 is 0.773 bits per heavy atom. The van der Waals surface area contributed by atoms with Crippen molar-refractivity contribution in [3.05, 3.63) is 35.5 Å². The van der Waals surface area contributed by atoms with Gasteiger partial charge in [0.15, 0.2) is 0 Å². The van der Waals surface area contributed by atoms with Crippen molar-refractivity contribution in [3.8, 4) is 0 Å². The molecule has 0 atom stereocenters. The molecule has 2 aliphatic rings. The molecule has 0 saturated heterocycles. The molecule has 1 radical (unpaired) electrons. The van der Waals surface area contributed by atoms with Gasteiger partial charge in [-0.05, 0) is 31.4 Å². The number of nitrogens with zero attached hydrogens (tertiary/aromatic N) is 1. The van der Waals surface area contributed by atoms with Gasteiger partial charge in [0.05, 0.1) is 5.69 Å². The molecule has 1 nitrogen and oxygen atoms in total. The molecule has 0 spiro atoms. The van der Waals surface area contributed by atoms with E-state index in [2.05, 4.69) is 31.2 Å². The molecule has 1 aliphatic heterocycles. The van der Waals surface area contributed by atoms with E-state index >= 15 is 0 Å². The summed E-state index contributed by atoms with van der Waals surface area (Å²) in [6.07, 6.45) is 15.5. The number of rotatable bonds is 1. The smallest absolute Gasteiger partial charge is 0.0708 e. The molecule has 119 valence electrons. The highest BCUT2D eigenvalue weighted by molar-refractivity contribution is 5.81. The molecule has 1 saturated carbocycles. The van der Waals surface area contributed by atoms with Gasteiger partial charge in [-0.1, -0.05) is 76.0 Å². The summed E-state index contributed by atoms with van der Waals surface area (Å²) in [5.74, 6) is 0.687. The van der Waals surface area contributed by atoms with Gasteiger partial charge in [0, 0.05) is 17.2 Å². The monoisotopic (exact) mass is 296 g/mol. The number of allylic oxidation sites excluding steroid dienone is 2. The van der Waals surface area contributed by atoms with Crippen LogP contribution in [0.1, 0.15) is 83.1 Å². The number of benzene rings is 1. The van der Waals surface area contributed by atoms with Gasteiger partial charge in [-0.2, -0.15) is 0 Å². The van der Waals surface area contributed by atoms with E-state index in [0.29, 0.717) is 5.92 Å². The van der Waals surface area contributed by atoms with Crippen molar-refractivity contribution in [1.82, 2.24) is 5.32 Å². The molecule has 1 aromatic rings. The lowest BCUT2D eigenvalue weighted by molar-refractivity contribution is 0.428. The predicted octanol–water partition coefficient (Wildman–Crippen LogP) is 6.59. The van der Waals surface area contributed by atoms with Crippen molar-refractivity contribution in [3.63, 3.8) is 0 Å². The van der Waals surface area contributed by atoms with Gasteiger partial charge in [-0.3, -0.25) is 5.32 Å². The van der Waals surface area contributed by atoms with Crippen LogP contribution in [0.3, 0.4) is 0 Å². The van der Waals surface area contributed by atoms with Crippen LogP contribution in [0, 0.1) is 5.92 Å². The second kappa shape index (κ2) is 7.85. The molecular weight excluding hydrogens is 266 g/mol. The van der Waals surface area contributed by atoms with Crippen molar-refractivity contribution < 1.29 is 0 Å². The summed E-state index contributed by atoms with van der Waals surface area (Å²) < 4.78 is 0. The Hall–Kier alpha value is -1.24. The molecule has 1 aliphatic carbocycles. The van der Waals surface area contributed by atoms with Crippen LogP contribution in [0.25, 0.3) is 5.57 Å². The summed E-state index contributed by atoms with van der Waals surface area (Å²) in [5, 5.41) is 5.00. The topological polar surface area (TPSA) is 14.1 Å². The van der Waals surface area contributed by atoms with E-state index in [1.165, 1.54) is 93.2 Å². The molecule has 0 N–H and O–H groups in total. The molecule has 0 bridgehead atoms. The van der Waals surface area contributed by atoms with Gasteiger partial charge in [0.1, 0.15) is 0 Å². The maximum absolute atomic E-state index is 5.00. The zero-order valence-corrected chi connectivity index (χ0v) is 14.1. The quantitative estimate of drug-likeness (QED) is 0.555. The van der Waals surface area contributed by atoms with E-state index in [9.17, 15) is 0 Å². The summed E-state index contributed by atoms with van der Waals surface area (Å²) in [6.45, 7) is 2.28. The Balaban J connectivity index is 1.69. The molecule has 1 heterocycles. The van der Waals surface area contributed by atoms with Gasteiger partial charge in [-0.25, -0.2) is 0 Å². The largest absolute Gasteiger partial charge is 0.252 e. The second-order valence-corrected chi connectivity index (χ2v) is 7.10. The highest BCUT2D eigenvalue weighted by Gasteiger charge is 2.25. The number of para-hydroxylation sites is 1. The first-order valence-corrected chi connectivity index (χ1v) is 9.38. The lowest BCUT2D eigenvalue weighted by Crippen LogP contribution is -2.10. The molecule has 0 amide bonds. The summed E-state index contributed by atoms with van der Waals surface area (Å²) in [5.41, 5.74) is 5.40. The number of fused-ring (bicyclic) bond motifs is 1. The summed E-state index contributed by atoms with van der Waals surface area (Å²) in [6, 6.07) is 8.65. The molecule has 22 heavy (non-hydrogen) atoms. The standard InChI is InChI=1S/C21H30N/c1-17-19-15-11-12-16-20(19)22-21(17)18-13-9-7-5-3-2-4-6-8-10-14-18/h11-12,15-16,18H,2-10,13-14H2,1H3. The predicted molar refractivity (Wildman–Crippen MR) is 95.1 cm³/mol. The third-order valence-corrected chi connectivity index (χ3v) is 5.43. The lowest BCUT2D eigenvalue weighted by Gasteiger charge is -2.19. The van der Waals surface area contributed by atoms with E-state index in [-0.39, 0.29) is 0 Å². The Kier molecular flexibility index (Phi) is 5.58. The van der Waals surface area contributed by atoms with Gasteiger partial charge >= 0.3 is 0 Å². The van der Waals surface area contributed by atoms with Gasteiger partial charge in [0.25, 0.3) is 0 Å². The first-order valence-electron chi connectivity index (χ1n) is 9.38. The molecule has 1 heteroatoms. The van der Waals surface area contributed by atoms with Crippen molar-refractivity contribution in [2.24, 2.45) is 5.92 Å². The van der Waals surface area contributed by atoms with Gasteiger partial charge < -0.3 is 0 Å². The Morgan fingerprint density at radius 3 is 1.91 bits per heavy atom. The lowest BCUT2D eigenvalue weighted by atomic mass is 9.88. The third-order valence-electron chi connectivity index (χ3n) is 5.43. The SMILES string of the molecule is CC1=C(C2CCCCCCCCCCC2)[N]c2ccccc21. The van der Waals surface area contributed by atoms with Crippen LogP contribution in [0.15, 0.2) is 30.0 Å². The second-order valence-electron chi connectivity index (χ2n) is 7.10. The summed E-state index contributed by atoms with van der Waals surface area (Å²) in [4.78, 5) is 0. The normalized spacial score (nSPS) is 21.7. The summed E-state index contributed by atoms with van der Waals surface area (Å²) >= 11 is 0. The molecule has 1 aromatic carbocycles. The van der Waals surface area contributed by atoms with Crippen molar-refractivity contribution >= 4 is 11.3 Å². The summed E-state index contributed by atoms with van der Waals surface area (Å²) in [7, 11) is 0. The fourth-order valence-corrected chi connectivity index (χ4v) is 4.07. The zero-order chi connectivity index (χ0) is 15.2. The van der Waals surface area contributed by atoms with Crippen LogP contribution >= 0.6 is 0 Å². The van der Waals surface area contributed by atoms with Crippen LogP contribution < -0.4 is 5.32 Å². The fourth-order valence-electron chi connectivity index (χ4n) is 4.07. The molecular formula is C21H30N. The molecule has 0 aromatic heterocycles. The minimum Gasteiger partial charge on any atom is -0.252 e. The van der Waals surface area contributed by atoms with E-state index < -0.39 is 0 Å². The van der Waals surface area contributed by atoms with E-state index in [4.69, 9.17) is 5.32 Å². The maximum Gasteiger partial charge on any atom is 0.0708 e. The number of hydrogen-bond acceptors (Lipinski definition) is 0. The maximum atomic E-state index is 5.00. The minimum atomic E-state index is 0.687. The highest BCUT2D eigenvalue weighted by atomic mass is 14.9. The van der Waals surface area contributed by atoms with E-state index in [0.717, 1.165) is 0 Å². The Bertz CT molecular complexity index is 502. The van der Waals surface area contributed by atoms with Crippen LogP contribution in [0.2, 0.25) is 0 Å². The van der Waals surface area contributed by atoms with Gasteiger partial charge in [0.2, 0.25) is 0 Å². The highest BCUT2D eigenvalue weighted by Crippen LogP contribution is 2.40. The van der Waals surface area contributed by atoms with E-state index in [1.54, 1.807) is 0 Å². The van der Waals surface area contributed by atoms with Crippen molar-refractivity contribution in [2.75, 3.05) is 0 Å². The van der Waals surface area contributed by atoms with Gasteiger partial charge in [-0.15, -0.1) is 0 Å². The first-order chi connectivity index (χ1) is 10.9. The van der Waals surface area contributed by atoms with Crippen LogP contribution in [0.5, 0.6) is 0 Å². The average Bonchev–Trinajstić information content (AvgIpc) is 2.86. The zero-order valence-electron chi connectivity index (χ0n) is 14.1.